The first kappa shape index (κ1) is 14.5. The molecule has 3 nitrogen and oxygen atoms in total. The lowest BCUT2D eigenvalue weighted by molar-refractivity contribution is -0.122. The van der Waals surface area contributed by atoms with Gasteiger partial charge < -0.3 is 11.1 Å². The Morgan fingerprint density at radius 2 is 1.85 bits per heavy atom. The SMILES string of the molecule is CC(C)C[C@@H](N)C(=O)NCc1cccc2ccccc12. The molecular weight excluding hydrogens is 248 g/mol. The summed E-state index contributed by atoms with van der Waals surface area (Å²) in [6, 6.07) is 13.9. The lowest BCUT2D eigenvalue weighted by Gasteiger charge is -2.14. The van der Waals surface area contributed by atoms with Gasteiger partial charge in [0.1, 0.15) is 0 Å². The number of benzene rings is 2. The number of hydrogen-bond acceptors (Lipinski definition) is 2. The summed E-state index contributed by atoms with van der Waals surface area (Å²) in [6.07, 6.45) is 0.710. The van der Waals surface area contributed by atoms with Gasteiger partial charge in [0.25, 0.3) is 0 Å². The minimum Gasteiger partial charge on any atom is -0.351 e. The number of amides is 1. The second-order valence-electron chi connectivity index (χ2n) is 5.59. The molecule has 0 fully saturated rings. The van der Waals surface area contributed by atoms with Crippen LogP contribution in [0.5, 0.6) is 0 Å². The summed E-state index contributed by atoms with van der Waals surface area (Å²) < 4.78 is 0. The number of fused-ring (bicyclic) bond motifs is 1. The van der Waals surface area contributed by atoms with Gasteiger partial charge in [0.05, 0.1) is 6.04 Å². The molecule has 106 valence electrons. The van der Waals surface area contributed by atoms with Crippen LogP contribution >= 0.6 is 0 Å². The Balaban J connectivity index is 2.04. The van der Waals surface area contributed by atoms with Crippen LogP contribution in [0.1, 0.15) is 25.8 Å². The van der Waals surface area contributed by atoms with E-state index in [4.69, 9.17) is 5.73 Å². The first-order chi connectivity index (χ1) is 9.58. The fourth-order valence-electron chi connectivity index (χ4n) is 2.37. The van der Waals surface area contributed by atoms with Gasteiger partial charge in [-0.15, -0.1) is 0 Å². The maximum absolute atomic E-state index is 12.0. The second kappa shape index (κ2) is 6.53. The molecule has 3 heteroatoms. The lowest BCUT2D eigenvalue weighted by Crippen LogP contribution is -2.41. The number of hydrogen-bond donors (Lipinski definition) is 2. The molecule has 2 aromatic carbocycles. The molecule has 0 aliphatic heterocycles. The lowest BCUT2D eigenvalue weighted by atomic mass is 10.0. The summed E-state index contributed by atoms with van der Waals surface area (Å²) in [4.78, 5) is 12.0. The third-order valence-electron chi connectivity index (χ3n) is 3.40. The molecule has 0 aromatic heterocycles. The third-order valence-corrected chi connectivity index (χ3v) is 3.40. The van der Waals surface area contributed by atoms with Crippen LogP contribution in [0.4, 0.5) is 0 Å². The smallest absolute Gasteiger partial charge is 0.237 e. The van der Waals surface area contributed by atoms with Crippen LogP contribution in [0, 0.1) is 5.92 Å². The first-order valence-corrected chi connectivity index (χ1v) is 7.08. The van der Waals surface area contributed by atoms with E-state index < -0.39 is 6.04 Å². The van der Waals surface area contributed by atoms with Crippen molar-refractivity contribution < 1.29 is 4.79 Å². The van der Waals surface area contributed by atoms with Gasteiger partial charge in [-0.2, -0.15) is 0 Å². The van der Waals surface area contributed by atoms with E-state index in [-0.39, 0.29) is 5.91 Å². The van der Waals surface area contributed by atoms with Crippen molar-refractivity contribution in [2.45, 2.75) is 32.9 Å². The summed E-state index contributed by atoms with van der Waals surface area (Å²) in [7, 11) is 0. The molecule has 0 saturated heterocycles. The zero-order valence-electron chi connectivity index (χ0n) is 12.1. The second-order valence-corrected chi connectivity index (χ2v) is 5.59. The normalized spacial score (nSPS) is 12.6. The van der Waals surface area contributed by atoms with Crippen LogP contribution < -0.4 is 11.1 Å². The van der Waals surface area contributed by atoms with Crippen LogP contribution in [-0.4, -0.2) is 11.9 Å². The molecule has 0 spiro atoms. The molecule has 3 N–H and O–H groups in total. The van der Waals surface area contributed by atoms with Crippen molar-refractivity contribution in [2.24, 2.45) is 11.7 Å². The van der Waals surface area contributed by atoms with Crippen molar-refractivity contribution in [3.63, 3.8) is 0 Å². The average molecular weight is 270 g/mol. The Labute approximate surface area is 120 Å². The Hall–Kier alpha value is -1.87. The van der Waals surface area contributed by atoms with Crippen LogP contribution in [-0.2, 0) is 11.3 Å². The Morgan fingerprint density at radius 3 is 2.60 bits per heavy atom. The van der Waals surface area contributed by atoms with Crippen LogP contribution in [0.3, 0.4) is 0 Å². The maximum Gasteiger partial charge on any atom is 0.237 e. The Bertz CT molecular complexity index is 587. The van der Waals surface area contributed by atoms with E-state index in [9.17, 15) is 4.79 Å². The summed E-state index contributed by atoms with van der Waals surface area (Å²) >= 11 is 0. The van der Waals surface area contributed by atoms with Crippen molar-refractivity contribution in [3.05, 3.63) is 48.0 Å². The fraction of sp³-hybridized carbons (Fsp3) is 0.353. The van der Waals surface area contributed by atoms with E-state index in [2.05, 4.69) is 37.4 Å². The molecule has 0 aliphatic carbocycles. The number of carbonyl (C=O) groups excluding carboxylic acids is 1. The minimum absolute atomic E-state index is 0.0772. The third kappa shape index (κ3) is 3.58. The fourth-order valence-corrected chi connectivity index (χ4v) is 2.37. The monoisotopic (exact) mass is 270 g/mol. The Kier molecular flexibility index (Phi) is 4.74. The predicted molar refractivity (Wildman–Crippen MR) is 83.2 cm³/mol. The number of nitrogens with one attached hydrogen (secondary N) is 1. The molecule has 0 bridgehead atoms. The van der Waals surface area contributed by atoms with E-state index in [0.717, 1.165) is 5.56 Å². The van der Waals surface area contributed by atoms with Crippen molar-refractivity contribution in [3.8, 4) is 0 Å². The quantitative estimate of drug-likeness (QED) is 0.877. The van der Waals surface area contributed by atoms with Crippen molar-refractivity contribution >= 4 is 16.7 Å². The predicted octanol–water partition coefficient (Wildman–Crippen LogP) is 2.83. The van der Waals surface area contributed by atoms with Gasteiger partial charge in [-0.25, -0.2) is 0 Å². The van der Waals surface area contributed by atoms with E-state index in [1.54, 1.807) is 0 Å². The Morgan fingerprint density at radius 1 is 1.15 bits per heavy atom. The number of rotatable bonds is 5. The van der Waals surface area contributed by atoms with Crippen molar-refractivity contribution in [2.75, 3.05) is 0 Å². The van der Waals surface area contributed by atoms with Gasteiger partial charge in [-0.3, -0.25) is 4.79 Å². The zero-order chi connectivity index (χ0) is 14.5. The highest BCUT2D eigenvalue weighted by molar-refractivity contribution is 5.86. The van der Waals surface area contributed by atoms with E-state index >= 15 is 0 Å². The van der Waals surface area contributed by atoms with Crippen LogP contribution in [0.25, 0.3) is 10.8 Å². The highest BCUT2D eigenvalue weighted by Gasteiger charge is 2.14. The molecule has 0 unspecified atom stereocenters. The van der Waals surface area contributed by atoms with Gasteiger partial charge in [0.15, 0.2) is 0 Å². The molecule has 0 saturated carbocycles. The van der Waals surface area contributed by atoms with Gasteiger partial charge in [0, 0.05) is 6.54 Å². The number of carbonyl (C=O) groups is 1. The number of nitrogens with two attached hydrogens (primary N) is 1. The van der Waals surface area contributed by atoms with Crippen LogP contribution in [0.2, 0.25) is 0 Å². The van der Waals surface area contributed by atoms with Gasteiger partial charge in [-0.1, -0.05) is 56.3 Å². The molecule has 1 amide bonds. The molecule has 2 rings (SSSR count). The van der Waals surface area contributed by atoms with Gasteiger partial charge >= 0.3 is 0 Å². The molecule has 0 radical (unpaired) electrons. The topological polar surface area (TPSA) is 55.1 Å². The highest BCUT2D eigenvalue weighted by Crippen LogP contribution is 2.18. The summed E-state index contributed by atoms with van der Waals surface area (Å²) in [5, 5.41) is 5.29. The van der Waals surface area contributed by atoms with E-state index in [1.807, 2.05) is 24.3 Å². The zero-order valence-corrected chi connectivity index (χ0v) is 12.1. The average Bonchev–Trinajstić information content (AvgIpc) is 2.44. The first-order valence-electron chi connectivity index (χ1n) is 7.08. The van der Waals surface area contributed by atoms with Crippen LogP contribution in [0.15, 0.2) is 42.5 Å². The molecule has 0 heterocycles. The maximum atomic E-state index is 12.0. The molecule has 1 atom stereocenters. The van der Waals surface area contributed by atoms with E-state index in [0.29, 0.717) is 18.9 Å². The largest absolute Gasteiger partial charge is 0.351 e. The summed E-state index contributed by atoms with van der Waals surface area (Å²) in [5.74, 6) is 0.347. The summed E-state index contributed by atoms with van der Waals surface area (Å²) in [5.41, 5.74) is 7.00. The standard InChI is InChI=1S/C17H22N2O/c1-12(2)10-16(18)17(20)19-11-14-8-5-7-13-6-3-4-9-15(13)14/h3-9,12,16H,10-11,18H2,1-2H3,(H,19,20)/t16-/m1/s1. The molecule has 2 aromatic rings. The molecule has 0 aliphatic rings. The highest BCUT2D eigenvalue weighted by atomic mass is 16.2. The van der Waals surface area contributed by atoms with Gasteiger partial charge in [-0.05, 0) is 28.7 Å². The van der Waals surface area contributed by atoms with E-state index in [1.165, 1.54) is 10.8 Å². The van der Waals surface area contributed by atoms with Crippen molar-refractivity contribution in [1.29, 1.82) is 0 Å². The minimum atomic E-state index is -0.426. The summed E-state index contributed by atoms with van der Waals surface area (Å²) in [6.45, 7) is 4.65. The van der Waals surface area contributed by atoms with Crippen molar-refractivity contribution in [1.82, 2.24) is 5.32 Å². The van der Waals surface area contributed by atoms with Gasteiger partial charge in [0.2, 0.25) is 5.91 Å². The molecule has 20 heavy (non-hydrogen) atoms. The molecular formula is C17H22N2O.